The van der Waals surface area contributed by atoms with Crippen LogP contribution in [0.1, 0.15) is 37.0 Å². The first kappa shape index (κ1) is 16.0. The number of hydrogen-bond acceptors (Lipinski definition) is 4. The molecule has 0 aliphatic rings. The van der Waals surface area contributed by atoms with Crippen molar-refractivity contribution in [3.8, 4) is 5.75 Å². The molecule has 1 N–H and O–H groups in total. The molecule has 0 spiro atoms. The van der Waals surface area contributed by atoms with Crippen molar-refractivity contribution in [2.45, 2.75) is 46.2 Å². The monoisotopic (exact) mass is 304 g/mol. The summed E-state index contributed by atoms with van der Waals surface area (Å²) in [4.78, 5) is 4.63. The number of ether oxygens (including phenoxy) is 1. The zero-order valence-corrected chi connectivity index (χ0v) is 13.9. The molecule has 0 amide bonds. The largest absolute Gasteiger partial charge is 0.493 e. The number of nitrogens with one attached hydrogen (secondary N) is 1. The van der Waals surface area contributed by atoms with Crippen molar-refractivity contribution >= 4 is 11.3 Å². The van der Waals surface area contributed by atoms with Gasteiger partial charge in [-0.05, 0) is 18.1 Å². The summed E-state index contributed by atoms with van der Waals surface area (Å²) in [7, 11) is 0. The highest BCUT2D eigenvalue weighted by molar-refractivity contribution is 7.09. The third-order valence-corrected chi connectivity index (χ3v) is 4.18. The fourth-order valence-corrected chi connectivity index (χ4v) is 2.82. The van der Waals surface area contributed by atoms with Crippen LogP contribution in [0.15, 0.2) is 29.6 Å². The van der Waals surface area contributed by atoms with Gasteiger partial charge in [0.15, 0.2) is 0 Å². The standard InChI is InChI=1S/C17H24N2OS/c1-4-14-7-5-6-8-16(14)20-10-9-17-19-15(12-21-17)11-18-13(2)3/h5-8,12-13,18H,4,9-11H2,1-3H3. The van der Waals surface area contributed by atoms with E-state index in [0.29, 0.717) is 12.6 Å². The van der Waals surface area contributed by atoms with Gasteiger partial charge in [-0.15, -0.1) is 11.3 Å². The van der Waals surface area contributed by atoms with Gasteiger partial charge in [0.1, 0.15) is 5.75 Å². The molecule has 2 aromatic rings. The van der Waals surface area contributed by atoms with Crippen LogP contribution in [-0.2, 0) is 19.4 Å². The van der Waals surface area contributed by atoms with Gasteiger partial charge in [-0.1, -0.05) is 39.0 Å². The summed E-state index contributed by atoms with van der Waals surface area (Å²) in [6.45, 7) is 7.96. The summed E-state index contributed by atoms with van der Waals surface area (Å²) in [5, 5.41) is 6.66. The Hall–Kier alpha value is -1.39. The Morgan fingerprint density at radius 2 is 2.10 bits per heavy atom. The number of rotatable bonds is 8. The van der Waals surface area contributed by atoms with Crippen molar-refractivity contribution in [2.75, 3.05) is 6.61 Å². The van der Waals surface area contributed by atoms with Crippen LogP contribution < -0.4 is 10.1 Å². The lowest BCUT2D eigenvalue weighted by molar-refractivity contribution is 0.318. The van der Waals surface area contributed by atoms with Crippen molar-refractivity contribution in [1.82, 2.24) is 10.3 Å². The smallest absolute Gasteiger partial charge is 0.122 e. The Balaban J connectivity index is 1.81. The van der Waals surface area contributed by atoms with Gasteiger partial charge in [-0.2, -0.15) is 0 Å². The number of para-hydroxylation sites is 1. The van der Waals surface area contributed by atoms with E-state index in [1.54, 1.807) is 11.3 Å². The molecule has 1 aromatic carbocycles. The van der Waals surface area contributed by atoms with Crippen LogP contribution in [0.25, 0.3) is 0 Å². The molecular weight excluding hydrogens is 280 g/mol. The van der Waals surface area contributed by atoms with Gasteiger partial charge < -0.3 is 10.1 Å². The van der Waals surface area contributed by atoms with Gasteiger partial charge in [-0.25, -0.2) is 4.98 Å². The van der Waals surface area contributed by atoms with Crippen LogP contribution in [-0.4, -0.2) is 17.6 Å². The molecule has 0 fully saturated rings. The molecule has 1 heterocycles. The maximum Gasteiger partial charge on any atom is 0.122 e. The van der Waals surface area contributed by atoms with Crippen molar-refractivity contribution in [1.29, 1.82) is 0 Å². The Morgan fingerprint density at radius 3 is 2.86 bits per heavy atom. The first-order valence-electron chi connectivity index (χ1n) is 7.56. The van der Waals surface area contributed by atoms with Crippen LogP contribution in [0.5, 0.6) is 5.75 Å². The van der Waals surface area contributed by atoms with Gasteiger partial charge >= 0.3 is 0 Å². The van der Waals surface area contributed by atoms with E-state index in [2.05, 4.69) is 48.6 Å². The highest BCUT2D eigenvalue weighted by Crippen LogP contribution is 2.19. The summed E-state index contributed by atoms with van der Waals surface area (Å²) in [5.41, 5.74) is 2.39. The number of hydrogen-bond donors (Lipinski definition) is 1. The summed E-state index contributed by atoms with van der Waals surface area (Å²) in [6.07, 6.45) is 1.86. The molecule has 0 bridgehead atoms. The average Bonchev–Trinajstić information content (AvgIpc) is 2.93. The van der Waals surface area contributed by atoms with Gasteiger partial charge in [0.2, 0.25) is 0 Å². The van der Waals surface area contributed by atoms with Gasteiger partial charge in [0.25, 0.3) is 0 Å². The van der Waals surface area contributed by atoms with E-state index >= 15 is 0 Å². The van der Waals surface area contributed by atoms with E-state index in [9.17, 15) is 0 Å². The predicted octanol–water partition coefficient (Wildman–Crippen LogP) is 3.83. The predicted molar refractivity (Wildman–Crippen MR) is 89.1 cm³/mol. The summed E-state index contributed by atoms with van der Waals surface area (Å²) in [5.74, 6) is 0.998. The molecule has 0 saturated carbocycles. The summed E-state index contributed by atoms with van der Waals surface area (Å²) >= 11 is 1.72. The van der Waals surface area contributed by atoms with E-state index in [1.807, 2.05) is 12.1 Å². The van der Waals surface area contributed by atoms with E-state index < -0.39 is 0 Å². The molecule has 4 heteroatoms. The maximum atomic E-state index is 5.89. The highest BCUT2D eigenvalue weighted by atomic mass is 32.1. The molecule has 2 rings (SSSR count). The molecule has 114 valence electrons. The minimum Gasteiger partial charge on any atom is -0.493 e. The molecule has 3 nitrogen and oxygen atoms in total. The quantitative estimate of drug-likeness (QED) is 0.805. The number of thiazole rings is 1. The Morgan fingerprint density at radius 1 is 1.29 bits per heavy atom. The van der Waals surface area contributed by atoms with Gasteiger partial charge in [-0.3, -0.25) is 0 Å². The second kappa shape index (κ2) is 8.15. The van der Waals surface area contributed by atoms with Crippen molar-refractivity contribution in [2.24, 2.45) is 0 Å². The molecular formula is C17H24N2OS. The van der Waals surface area contributed by atoms with Crippen molar-refractivity contribution in [3.05, 3.63) is 45.9 Å². The van der Waals surface area contributed by atoms with Crippen LogP contribution >= 0.6 is 11.3 Å². The first-order valence-corrected chi connectivity index (χ1v) is 8.44. The van der Waals surface area contributed by atoms with E-state index in [1.165, 1.54) is 5.56 Å². The molecule has 0 atom stereocenters. The minimum absolute atomic E-state index is 0.490. The van der Waals surface area contributed by atoms with Gasteiger partial charge in [0.05, 0.1) is 17.3 Å². The summed E-state index contributed by atoms with van der Waals surface area (Å²) in [6, 6.07) is 8.73. The van der Waals surface area contributed by atoms with Crippen LogP contribution in [0.2, 0.25) is 0 Å². The fourth-order valence-electron chi connectivity index (χ4n) is 2.04. The average molecular weight is 304 g/mol. The lowest BCUT2D eigenvalue weighted by atomic mass is 10.1. The molecule has 21 heavy (non-hydrogen) atoms. The Labute approximate surface area is 131 Å². The third-order valence-electron chi connectivity index (χ3n) is 3.22. The molecule has 0 aliphatic carbocycles. The lowest BCUT2D eigenvalue weighted by Crippen LogP contribution is -2.21. The van der Waals surface area contributed by atoms with Crippen LogP contribution in [0, 0.1) is 0 Å². The number of aromatic nitrogens is 1. The third kappa shape index (κ3) is 5.14. The molecule has 0 saturated heterocycles. The second-order valence-electron chi connectivity index (χ2n) is 5.33. The highest BCUT2D eigenvalue weighted by Gasteiger charge is 2.05. The Bertz CT molecular complexity index is 551. The first-order chi connectivity index (χ1) is 10.2. The SMILES string of the molecule is CCc1ccccc1OCCc1nc(CNC(C)C)cs1. The zero-order valence-electron chi connectivity index (χ0n) is 13.1. The maximum absolute atomic E-state index is 5.89. The van der Waals surface area contributed by atoms with Gasteiger partial charge in [0, 0.05) is 24.4 Å². The number of benzene rings is 1. The normalized spacial score (nSPS) is 11.0. The second-order valence-corrected chi connectivity index (χ2v) is 6.27. The molecule has 1 aromatic heterocycles. The molecule has 0 radical (unpaired) electrons. The van der Waals surface area contributed by atoms with E-state index in [4.69, 9.17) is 4.74 Å². The molecule has 0 aliphatic heterocycles. The van der Waals surface area contributed by atoms with Crippen molar-refractivity contribution < 1.29 is 4.74 Å². The minimum atomic E-state index is 0.490. The van der Waals surface area contributed by atoms with E-state index in [-0.39, 0.29) is 0 Å². The summed E-state index contributed by atoms with van der Waals surface area (Å²) < 4.78 is 5.89. The molecule has 0 unspecified atom stereocenters. The number of aryl methyl sites for hydroxylation is 1. The Kier molecular flexibility index (Phi) is 6.21. The van der Waals surface area contributed by atoms with Crippen molar-refractivity contribution in [3.63, 3.8) is 0 Å². The van der Waals surface area contributed by atoms with Crippen LogP contribution in [0.3, 0.4) is 0 Å². The fraction of sp³-hybridized carbons (Fsp3) is 0.471. The zero-order chi connectivity index (χ0) is 15.1. The number of nitrogens with zero attached hydrogens (tertiary/aromatic N) is 1. The topological polar surface area (TPSA) is 34.1 Å². The lowest BCUT2D eigenvalue weighted by Gasteiger charge is -2.09. The van der Waals surface area contributed by atoms with E-state index in [0.717, 1.165) is 35.8 Å². The van der Waals surface area contributed by atoms with Crippen LogP contribution in [0.4, 0.5) is 0 Å².